The van der Waals surface area contributed by atoms with Gasteiger partial charge in [-0.1, -0.05) is 44.0 Å². The number of benzene rings is 1. The molecule has 26 heavy (non-hydrogen) atoms. The molecule has 0 amide bonds. The lowest BCUT2D eigenvalue weighted by Gasteiger charge is -2.17. The molecule has 0 aromatic heterocycles. The van der Waals surface area contributed by atoms with Gasteiger partial charge in [0.25, 0.3) is 0 Å². The molecule has 0 saturated heterocycles. The Morgan fingerprint density at radius 2 is 1.65 bits per heavy atom. The van der Waals surface area contributed by atoms with E-state index in [9.17, 15) is 17.6 Å². The van der Waals surface area contributed by atoms with Crippen LogP contribution >= 0.6 is 23.2 Å². The zero-order chi connectivity index (χ0) is 20.5. The van der Waals surface area contributed by atoms with Gasteiger partial charge in [0.05, 0.1) is 0 Å². The van der Waals surface area contributed by atoms with Crippen LogP contribution in [0.3, 0.4) is 0 Å². The van der Waals surface area contributed by atoms with Gasteiger partial charge in [-0.05, 0) is 74.4 Å². The van der Waals surface area contributed by atoms with E-state index in [0.29, 0.717) is 12.8 Å². The average Bonchev–Trinajstić information content (AvgIpc) is 2.54. The van der Waals surface area contributed by atoms with E-state index in [1.807, 2.05) is 26.8 Å². The lowest BCUT2D eigenvalue weighted by atomic mass is 9.91. The Labute approximate surface area is 163 Å². The van der Waals surface area contributed by atoms with Crippen LogP contribution in [0.15, 0.2) is 41.2 Å². The summed E-state index contributed by atoms with van der Waals surface area (Å²) in [5.41, 5.74) is 0.532. The van der Waals surface area contributed by atoms with Crippen molar-refractivity contribution in [3.8, 4) is 0 Å². The molecule has 0 saturated carbocycles. The lowest BCUT2D eigenvalue weighted by molar-refractivity contribution is -0.0936. The number of alkyl halides is 3. The van der Waals surface area contributed by atoms with Gasteiger partial charge in [-0.25, -0.2) is 4.39 Å². The second kappa shape index (κ2) is 11.7. The summed E-state index contributed by atoms with van der Waals surface area (Å²) in [7, 11) is 0. The third kappa shape index (κ3) is 8.59. The Kier molecular flexibility index (Phi) is 11.2. The van der Waals surface area contributed by atoms with Crippen LogP contribution in [0.25, 0.3) is 0 Å². The van der Waals surface area contributed by atoms with Gasteiger partial charge >= 0.3 is 6.18 Å². The van der Waals surface area contributed by atoms with E-state index in [1.54, 1.807) is 12.1 Å². The Bertz CT molecular complexity index is 623. The van der Waals surface area contributed by atoms with Crippen molar-refractivity contribution in [2.24, 2.45) is 5.92 Å². The minimum absolute atomic E-state index is 0.138. The Balaban J connectivity index is 0.000000577. The molecule has 0 aliphatic rings. The van der Waals surface area contributed by atoms with E-state index in [2.05, 4.69) is 0 Å². The Morgan fingerprint density at radius 1 is 1.12 bits per heavy atom. The normalized spacial score (nSPS) is 13.3. The van der Waals surface area contributed by atoms with Crippen LogP contribution in [0, 0.1) is 12.8 Å². The quantitative estimate of drug-likeness (QED) is 0.334. The summed E-state index contributed by atoms with van der Waals surface area (Å²) >= 11 is 11.4. The first-order valence-electron chi connectivity index (χ1n) is 8.53. The van der Waals surface area contributed by atoms with Crippen LogP contribution < -0.4 is 0 Å². The molecule has 0 fully saturated rings. The highest BCUT2D eigenvalue weighted by Crippen LogP contribution is 2.33. The maximum absolute atomic E-state index is 13.3. The van der Waals surface area contributed by atoms with Gasteiger partial charge in [0, 0.05) is 15.6 Å². The van der Waals surface area contributed by atoms with Crippen molar-refractivity contribution in [3.05, 3.63) is 56.9 Å². The van der Waals surface area contributed by atoms with Crippen molar-refractivity contribution in [2.45, 2.75) is 60.1 Å². The maximum atomic E-state index is 13.3. The van der Waals surface area contributed by atoms with Crippen molar-refractivity contribution in [1.29, 1.82) is 0 Å². The van der Waals surface area contributed by atoms with Crippen molar-refractivity contribution >= 4 is 23.2 Å². The fourth-order valence-corrected chi connectivity index (χ4v) is 2.75. The molecule has 1 rings (SSSR count). The van der Waals surface area contributed by atoms with Gasteiger partial charge in [0.2, 0.25) is 0 Å². The van der Waals surface area contributed by atoms with Gasteiger partial charge in [-0.2, -0.15) is 13.2 Å². The summed E-state index contributed by atoms with van der Waals surface area (Å²) in [5, 5.41) is 1.50. The van der Waals surface area contributed by atoms with Crippen LogP contribution in [-0.4, -0.2) is 6.18 Å². The van der Waals surface area contributed by atoms with Crippen molar-refractivity contribution < 1.29 is 17.6 Å². The predicted molar refractivity (Wildman–Crippen MR) is 104 cm³/mol. The second-order valence-corrected chi connectivity index (χ2v) is 6.76. The molecule has 0 heterocycles. The van der Waals surface area contributed by atoms with Crippen molar-refractivity contribution in [2.75, 3.05) is 0 Å². The van der Waals surface area contributed by atoms with Crippen molar-refractivity contribution in [3.63, 3.8) is 0 Å². The summed E-state index contributed by atoms with van der Waals surface area (Å²) in [4.78, 5) is 0. The highest BCUT2D eigenvalue weighted by molar-refractivity contribution is 6.33. The van der Waals surface area contributed by atoms with E-state index in [-0.39, 0.29) is 17.9 Å². The third-order valence-corrected chi connectivity index (χ3v) is 4.68. The monoisotopic (exact) mass is 412 g/mol. The molecule has 0 radical (unpaired) electrons. The second-order valence-electron chi connectivity index (χ2n) is 5.92. The molecule has 0 N–H and O–H groups in total. The van der Waals surface area contributed by atoms with Crippen LogP contribution in [0.4, 0.5) is 17.6 Å². The first kappa shape index (κ1) is 25.0. The number of hydrogen-bond donors (Lipinski definition) is 0. The fourth-order valence-electron chi connectivity index (χ4n) is 2.41. The van der Waals surface area contributed by atoms with Crippen LogP contribution in [0.5, 0.6) is 0 Å². The van der Waals surface area contributed by atoms with E-state index in [1.165, 1.54) is 13.8 Å². The smallest absolute Gasteiger partial charge is 0.212 e. The zero-order valence-electron chi connectivity index (χ0n) is 15.8. The highest BCUT2D eigenvalue weighted by Gasteiger charge is 2.32. The minimum atomic E-state index is -4.37. The minimum Gasteiger partial charge on any atom is -0.212 e. The third-order valence-electron chi connectivity index (χ3n) is 4.02. The first-order valence-corrected chi connectivity index (χ1v) is 9.29. The molecular weight excluding hydrogens is 387 g/mol. The zero-order valence-corrected chi connectivity index (χ0v) is 17.3. The van der Waals surface area contributed by atoms with Crippen LogP contribution in [0.2, 0.25) is 10.0 Å². The molecule has 6 heteroatoms. The van der Waals surface area contributed by atoms with Crippen LogP contribution in [-0.2, 0) is 0 Å². The van der Waals surface area contributed by atoms with Crippen molar-refractivity contribution in [1.82, 2.24) is 0 Å². The molecule has 0 unspecified atom stereocenters. The number of halogens is 6. The number of rotatable bonds is 5. The number of aryl methyl sites for hydroxylation is 1. The van der Waals surface area contributed by atoms with E-state index < -0.39 is 17.6 Å². The molecular formula is C20H26Cl2F4. The Morgan fingerprint density at radius 3 is 1.96 bits per heavy atom. The largest absolute Gasteiger partial charge is 0.412 e. The molecule has 0 bridgehead atoms. The highest BCUT2D eigenvalue weighted by atomic mass is 35.5. The molecule has 0 aliphatic carbocycles. The summed E-state index contributed by atoms with van der Waals surface area (Å²) in [6, 6.07) is 5.40. The summed E-state index contributed by atoms with van der Waals surface area (Å²) < 4.78 is 51.1. The molecule has 0 atom stereocenters. The van der Waals surface area contributed by atoms with Gasteiger partial charge < -0.3 is 0 Å². The Hall–Kier alpha value is -1.00. The van der Waals surface area contributed by atoms with Gasteiger partial charge in [0.15, 0.2) is 0 Å². The SMILES string of the molecule is CC/C(=C\C(=C(/C)F)C(CC)CC)C(F)(F)F.Cc1cc(Cl)ccc1Cl. The van der Waals surface area contributed by atoms with E-state index in [4.69, 9.17) is 23.2 Å². The summed E-state index contributed by atoms with van der Waals surface area (Å²) in [6.45, 7) is 8.27. The average molecular weight is 413 g/mol. The molecule has 148 valence electrons. The maximum Gasteiger partial charge on any atom is 0.412 e. The topological polar surface area (TPSA) is 0 Å². The molecule has 0 spiro atoms. The van der Waals surface area contributed by atoms with Gasteiger partial charge in [0.1, 0.15) is 5.83 Å². The fraction of sp³-hybridized carbons (Fsp3) is 0.500. The van der Waals surface area contributed by atoms with Gasteiger partial charge in [-0.15, -0.1) is 0 Å². The molecule has 1 aromatic rings. The molecule has 1 aromatic carbocycles. The number of allylic oxidation sites excluding steroid dienone is 4. The first-order chi connectivity index (χ1) is 12.0. The summed E-state index contributed by atoms with van der Waals surface area (Å²) in [6.07, 6.45) is -2.26. The van der Waals surface area contributed by atoms with E-state index in [0.717, 1.165) is 21.7 Å². The van der Waals surface area contributed by atoms with E-state index >= 15 is 0 Å². The standard InChI is InChI=1S/C13H20F4.C7H6Cl2/c1-5-10(6-2)12(9(4)14)8-11(7-3)13(15,16)17;1-5-4-6(8)2-3-7(5)9/h8,10H,5-7H2,1-4H3;2-4H,1H3/b11-8+,12-9-;. The van der Waals surface area contributed by atoms with Gasteiger partial charge in [-0.3, -0.25) is 0 Å². The predicted octanol–water partition coefficient (Wildman–Crippen LogP) is 8.87. The molecule has 0 aliphatic heterocycles. The van der Waals surface area contributed by atoms with Crippen LogP contribution in [0.1, 0.15) is 52.5 Å². The number of hydrogen-bond acceptors (Lipinski definition) is 0. The summed E-state index contributed by atoms with van der Waals surface area (Å²) in [5.74, 6) is -0.669. The lowest BCUT2D eigenvalue weighted by Crippen LogP contribution is -2.13. The molecule has 0 nitrogen and oxygen atoms in total.